The average Bonchev–Trinajstić information content (AvgIpc) is 2.45. The van der Waals surface area contributed by atoms with E-state index < -0.39 is 5.41 Å². The van der Waals surface area contributed by atoms with Crippen LogP contribution in [0.25, 0.3) is 0 Å². The minimum Gasteiger partial charge on any atom is -0.352 e. The number of hydrogen-bond acceptors (Lipinski definition) is 2. The van der Waals surface area contributed by atoms with E-state index in [1.54, 1.807) is 0 Å². The van der Waals surface area contributed by atoms with Crippen molar-refractivity contribution in [2.24, 2.45) is 5.41 Å². The lowest BCUT2D eigenvalue weighted by molar-refractivity contribution is -0.132. The van der Waals surface area contributed by atoms with Crippen molar-refractivity contribution in [3.63, 3.8) is 0 Å². The van der Waals surface area contributed by atoms with E-state index in [1.807, 2.05) is 0 Å². The minimum absolute atomic E-state index is 0.00634. The molecule has 1 amide bonds. The van der Waals surface area contributed by atoms with E-state index >= 15 is 0 Å². The molecule has 0 unspecified atom stereocenters. The number of carbonyl (C=O) groups is 1. The highest BCUT2D eigenvalue weighted by atomic mass is 16.2. The van der Waals surface area contributed by atoms with Gasteiger partial charge >= 0.3 is 0 Å². The predicted molar refractivity (Wildman–Crippen MR) is 61.5 cm³/mol. The van der Waals surface area contributed by atoms with E-state index in [0.29, 0.717) is 6.04 Å². The molecule has 0 atom stereocenters. The highest BCUT2D eigenvalue weighted by Gasteiger charge is 2.45. The maximum atomic E-state index is 12.0. The van der Waals surface area contributed by atoms with Crippen LogP contribution in [0.1, 0.15) is 57.8 Å². The van der Waals surface area contributed by atoms with E-state index in [2.05, 4.69) is 11.4 Å². The van der Waals surface area contributed by atoms with Gasteiger partial charge in [-0.1, -0.05) is 25.7 Å². The number of rotatable bonds is 2. The molecular formula is C13H20N2O. The molecule has 2 aliphatic carbocycles. The lowest BCUT2D eigenvalue weighted by Gasteiger charge is -2.34. The lowest BCUT2D eigenvalue weighted by Crippen LogP contribution is -2.48. The van der Waals surface area contributed by atoms with Crippen LogP contribution in [0.4, 0.5) is 0 Å². The third-order valence-corrected chi connectivity index (χ3v) is 4.05. The molecule has 2 fully saturated rings. The molecule has 3 heteroatoms. The summed E-state index contributed by atoms with van der Waals surface area (Å²) in [6.07, 6.45) is 9.71. The summed E-state index contributed by atoms with van der Waals surface area (Å²) in [7, 11) is 0. The maximum Gasteiger partial charge on any atom is 0.240 e. The number of hydrogen-bond donors (Lipinski definition) is 1. The summed E-state index contributed by atoms with van der Waals surface area (Å²) in [6.45, 7) is 0. The van der Waals surface area contributed by atoms with Crippen LogP contribution in [0, 0.1) is 16.7 Å². The van der Waals surface area contributed by atoms with Crippen molar-refractivity contribution >= 4 is 5.91 Å². The summed E-state index contributed by atoms with van der Waals surface area (Å²) in [5.41, 5.74) is -0.674. The lowest BCUT2D eigenvalue weighted by atomic mass is 9.69. The molecule has 3 nitrogen and oxygen atoms in total. The van der Waals surface area contributed by atoms with Gasteiger partial charge in [-0.2, -0.15) is 5.26 Å². The van der Waals surface area contributed by atoms with E-state index in [-0.39, 0.29) is 5.91 Å². The normalized spacial score (nSPS) is 24.9. The molecule has 0 spiro atoms. The molecule has 2 rings (SSSR count). The second kappa shape index (κ2) is 4.86. The van der Waals surface area contributed by atoms with Crippen molar-refractivity contribution in [3.05, 3.63) is 0 Å². The van der Waals surface area contributed by atoms with Crippen LogP contribution >= 0.6 is 0 Å². The topological polar surface area (TPSA) is 52.9 Å². The van der Waals surface area contributed by atoms with E-state index in [9.17, 15) is 4.79 Å². The van der Waals surface area contributed by atoms with E-state index in [4.69, 9.17) is 5.26 Å². The summed E-state index contributed by atoms with van der Waals surface area (Å²) in [5.74, 6) is -0.00634. The highest BCUT2D eigenvalue weighted by Crippen LogP contribution is 2.40. The Morgan fingerprint density at radius 3 is 2.19 bits per heavy atom. The smallest absolute Gasteiger partial charge is 0.240 e. The van der Waals surface area contributed by atoms with Crippen LogP contribution in [-0.2, 0) is 4.79 Å². The second-order valence-corrected chi connectivity index (χ2v) is 5.21. The second-order valence-electron chi connectivity index (χ2n) is 5.21. The van der Waals surface area contributed by atoms with Crippen molar-refractivity contribution < 1.29 is 4.79 Å². The number of nitrogens with one attached hydrogen (secondary N) is 1. The van der Waals surface area contributed by atoms with Crippen molar-refractivity contribution in [1.82, 2.24) is 5.32 Å². The maximum absolute atomic E-state index is 12.0. The molecule has 16 heavy (non-hydrogen) atoms. The number of amides is 1. The predicted octanol–water partition coefficient (Wildman–Crippen LogP) is 2.52. The molecule has 88 valence electrons. The molecule has 0 aromatic rings. The number of nitriles is 1. The Hall–Kier alpha value is -1.04. The van der Waals surface area contributed by atoms with Gasteiger partial charge in [0.1, 0.15) is 5.41 Å². The van der Waals surface area contributed by atoms with Gasteiger partial charge in [-0.3, -0.25) is 4.79 Å². The first-order valence-electron chi connectivity index (χ1n) is 6.49. The largest absolute Gasteiger partial charge is 0.352 e. The first kappa shape index (κ1) is 11.4. The zero-order valence-electron chi connectivity index (χ0n) is 9.80. The van der Waals surface area contributed by atoms with Crippen LogP contribution in [-0.4, -0.2) is 11.9 Å². The van der Waals surface area contributed by atoms with Crippen LogP contribution in [0.3, 0.4) is 0 Å². The molecule has 0 aromatic heterocycles. The Labute approximate surface area is 97.2 Å². The highest BCUT2D eigenvalue weighted by molar-refractivity contribution is 5.86. The average molecular weight is 220 g/mol. The Balaban J connectivity index is 1.88. The Morgan fingerprint density at radius 1 is 1.12 bits per heavy atom. The van der Waals surface area contributed by atoms with Gasteiger partial charge in [0.05, 0.1) is 6.07 Å². The van der Waals surface area contributed by atoms with Crippen LogP contribution in [0.5, 0.6) is 0 Å². The molecule has 0 radical (unpaired) electrons. The molecule has 0 saturated heterocycles. The van der Waals surface area contributed by atoms with Crippen LogP contribution < -0.4 is 5.32 Å². The SMILES string of the molecule is N#CC1(C(=O)NC2CCCCCC2)CCC1. The van der Waals surface area contributed by atoms with E-state index in [0.717, 1.165) is 32.1 Å². The van der Waals surface area contributed by atoms with Gasteiger partial charge in [0.15, 0.2) is 0 Å². The van der Waals surface area contributed by atoms with Gasteiger partial charge < -0.3 is 5.32 Å². The van der Waals surface area contributed by atoms with Crippen molar-refractivity contribution in [2.45, 2.75) is 63.8 Å². The molecule has 0 heterocycles. The molecule has 1 N–H and O–H groups in total. The Kier molecular flexibility index (Phi) is 3.48. The summed E-state index contributed by atoms with van der Waals surface area (Å²) in [6, 6.07) is 2.53. The minimum atomic E-state index is -0.674. The van der Waals surface area contributed by atoms with Crippen LogP contribution in [0.15, 0.2) is 0 Å². The fourth-order valence-electron chi connectivity index (χ4n) is 2.67. The van der Waals surface area contributed by atoms with Gasteiger partial charge in [0, 0.05) is 6.04 Å². The summed E-state index contributed by atoms with van der Waals surface area (Å²) in [5, 5.41) is 12.2. The van der Waals surface area contributed by atoms with Crippen molar-refractivity contribution in [2.75, 3.05) is 0 Å². The standard InChI is InChI=1S/C13H20N2O/c14-10-13(8-5-9-13)12(16)15-11-6-3-1-2-4-7-11/h11H,1-9H2,(H,15,16). The van der Waals surface area contributed by atoms with Gasteiger partial charge in [0.2, 0.25) is 5.91 Å². The molecule has 2 saturated carbocycles. The summed E-state index contributed by atoms with van der Waals surface area (Å²) < 4.78 is 0. The quantitative estimate of drug-likeness (QED) is 0.727. The number of nitrogens with zero attached hydrogens (tertiary/aromatic N) is 1. The van der Waals surface area contributed by atoms with Gasteiger partial charge in [-0.05, 0) is 32.1 Å². The fraction of sp³-hybridized carbons (Fsp3) is 0.846. The third kappa shape index (κ3) is 2.21. The molecule has 0 aliphatic heterocycles. The third-order valence-electron chi connectivity index (χ3n) is 4.05. The van der Waals surface area contributed by atoms with Gasteiger partial charge in [-0.25, -0.2) is 0 Å². The zero-order chi connectivity index (χ0) is 11.4. The first-order chi connectivity index (χ1) is 7.77. The molecule has 0 bridgehead atoms. The van der Waals surface area contributed by atoms with E-state index in [1.165, 1.54) is 25.7 Å². The zero-order valence-corrected chi connectivity index (χ0v) is 9.80. The molecule has 0 aromatic carbocycles. The Bertz CT molecular complexity index is 294. The molecular weight excluding hydrogens is 200 g/mol. The van der Waals surface area contributed by atoms with Gasteiger partial charge in [-0.15, -0.1) is 0 Å². The van der Waals surface area contributed by atoms with Crippen molar-refractivity contribution in [3.8, 4) is 6.07 Å². The van der Waals surface area contributed by atoms with Gasteiger partial charge in [0.25, 0.3) is 0 Å². The summed E-state index contributed by atoms with van der Waals surface area (Å²) >= 11 is 0. The monoisotopic (exact) mass is 220 g/mol. The van der Waals surface area contributed by atoms with Crippen molar-refractivity contribution in [1.29, 1.82) is 5.26 Å². The number of carbonyl (C=O) groups excluding carboxylic acids is 1. The van der Waals surface area contributed by atoms with Crippen LogP contribution in [0.2, 0.25) is 0 Å². The fourth-order valence-corrected chi connectivity index (χ4v) is 2.67. The molecule has 2 aliphatic rings. The Morgan fingerprint density at radius 2 is 1.75 bits per heavy atom. The first-order valence-corrected chi connectivity index (χ1v) is 6.49. The summed E-state index contributed by atoms with van der Waals surface area (Å²) in [4.78, 5) is 12.0.